The lowest BCUT2D eigenvalue weighted by Gasteiger charge is -2.37. The van der Waals surface area contributed by atoms with Crippen molar-refractivity contribution in [1.82, 2.24) is 0 Å². The second-order valence-electron chi connectivity index (χ2n) is 2.60. The molecule has 2 aliphatic rings. The maximum absolute atomic E-state index is 5.24. The minimum Gasteiger partial charge on any atom is -0.303 e. The molecule has 0 radical (unpaired) electrons. The number of ether oxygens (including phenoxy) is 4. The molecule has 0 aromatic heterocycles. The second-order valence-corrected chi connectivity index (χ2v) is 2.60. The molecule has 0 amide bonds. The highest BCUT2D eigenvalue weighted by Crippen LogP contribution is 2.25. The van der Waals surface area contributed by atoms with Gasteiger partial charge in [0.05, 0.1) is 26.4 Å². The Morgan fingerprint density at radius 3 is 1.36 bits per heavy atom. The molecule has 2 fully saturated rings. The van der Waals surface area contributed by atoms with Crippen molar-refractivity contribution in [2.24, 2.45) is 0 Å². The molecule has 2 aliphatic heterocycles. The summed E-state index contributed by atoms with van der Waals surface area (Å²) in [5, 5.41) is 0. The molecule has 0 N–H and O–H groups in total. The lowest BCUT2D eigenvalue weighted by molar-refractivity contribution is -0.524. The first-order valence-electron chi connectivity index (χ1n) is 3.97. The van der Waals surface area contributed by atoms with Crippen LogP contribution >= 0.6 is 0 Å². The van der Waals surface area contributed by atoms with E-state index in [9.17, 15) is 0 Å². The van der Waals surface area contributed by atoms with E-state index in [0.717, 1.165) is 12.8 Å². The van der Waals surface area contributed by atoms with Crippen molar-refractivity contribution in [3.63, 3.8) is 0 Å². The van der Waals surface area contributed by atoms with Crippen molar-refractivity contribution in [1.29, 1.82) is 0 Å². The first kappa shape index (κ1) is 7.49. The fourth-order valence-corrected chi connectivity index (χ4v) is 1.16. The molecular formula is C7H12O4. The summed E-state index contributed by atoms with van der Waals surface area (Å²) in [7, 11) is 0. The van der Waals surface area contributed by atoms with Crippen LogP contribution in [0.15, 0.2) is 0 Å². The van der Waals surface area contributed by atoms with Crippen molar-refractivity contribution in [2.45, 2.75) is 19.0 Å². The molecule has 0 bridgehead atoms. The largest absolute Gasteiger partial charge is 0.412 e. The first-order chi connectivity index (χ1) is 5.41. The van der Waals surface area contributed by atoms with Gasteiger partial charge in [0.15, 0.2) is 0 Å². The minimum absolute atomic E-state index is 0.653. The fourth-order valence-electron chi connectivity index (χ4n) is 1.16. The molecule has 0 saturated carbocycles. The van der Waals surface area contributed by atoms with Crippen LogP contribution in [0.5, 0.6) is 0 Å². The van der Waals surface area contributed by atoms with Crippen molar-refractivity contribution < 1.29 is 18.9 Å². The Bertz CT molecular complexity index is 105. The van der Waals surface area contributed by atoms with E-state index in [1.165, 1.54) is 0 Å². The average Bonchev–Trinajstić information content (AvgIpc) is 2.07. The summed E-state index contributed by atoms with van der Waals surface area (Å²) in [5.74, 6) is 0. The maximum Gasteiger partial charge on any atom is 0.412 e. The van der Waals surface area contributed by atoms with Gasteiger partial charge in [-0.1, -0.05) is 0 Å². The van der Waals surface area contributed by atoms with Crippen LogP contribution in [-0.4, -0.2) is 32.6 Å². The number of rotatable bonds is 0. The van der Waals surface area contributed by atoms with E-state index >= 15 is 0 Å². The third-order valence-electron chi connectivity index (χ3n) is 1.69. The SMILES string of the molecule is C1COC2(OC1)OCCCO2. The zero-order valence-corrected chi connectivity index (χ0v) is 6.38. The second kappa shape index (κ2) is 3.06. The lowest BCUT2D eigenvalue weighted by Crippen LogP contribution is -2.48. The Kier molecular flexibility index (Phi) is 2.09. The standard InChI is InChI=1S/C7H12O4/c1-3-8-7(9-4-1)10-5-2-6-11-7/h1-6H2. The molecule has 64 valence electrons. The summed E-state index contributed by atoms with van der Waals surface area (Å²) in [6.45, 7) is 2.61. The summed E-state index contributed by atoms with van der Waals surface area (Å²) in [5.41, 5.74) is 0. The predicted molar refractivity (Wildman–Crippen MR) is 35.8 cm³/mol. The molecule has 1 spiro atoms. The van der Waals surface area contributed by atoms with E-state index in [-0.39, 0.29) is 0 Å². The van der Waals surface area contributed by atoms with Crippen molar-refractivity contribution >= 4 is 0 Å². The van der Waals surface area contributed by atoms with Gasteiger partial charge in [0.2, 0.25) is 0 Å². The summed E-state index contributed by atoms with van der Waals surface area (Å²) < 4.78 is 21.0. The van der Waals surface area contributed by atoms with Crippen LogP contribution in [0, 0.1) is 0 Å². The van der Waals surface area contributed by atoms with Gasteiger partial charge in [-0.2, -0.15) is 0 Å². The van der Waals surface area contributed by atoms with E-state index in [2.05, 4.69) is 0 Å². The summed E-state index contributed by atoms with van der Waals surface area (Å²) in [4.78, 5) is 0. The molecule has 2 rings (SSSR count). The van der Waals surface area contributed by atoms with Crippen LogP contribution in [0.2, 0.25) is 0 Å². The van der Waals surface area contributed by atoms with Crippen LogP contribution in [0.3, 0.4) is 0 Å². The minimum atomic E-state index is -1.14. The molecule has 11 heavy (non-hydrogen) atoms. The molecule has 4 heteroatoms. The lowest BCUT2D eigenvalue weighted by atomic mass is 10.4. The Balaban J connectivity index is 1.94. The van der Waals surface area contributed by atoms with Gasteiger partial charge in [0, 0.05) is 0 Å². The highest BCUT2D eigenvalue weighted by molar-refractivity contribution is 4.55. The van der Waals surface area contributed by atoms with Gasteiger partial charge >= 0.3 is 6.16 Å². The van der Waals surface area contributed by atoms with Crippen LogP contribution in [0.1, 0.15) is 12.8 Å². The van der Waals surface area contributed by atoms with Gasteiger partial charge in [-0.3, -0.25) is 0 Å². The van der Waals surface area contributed by atoms with E-state index < -0.39 is 6.16 Å². The Morgan fingerprint density at radius 2 is 1.00 bits per heavy atom. The van der Waals surface area contributed by atoms with Gasteiger partial charge in [-0.05, 0) is 12.8 Å². The van der Waals surface area contributed by atoms with Gasteiger partial charge in [-0.15, -0.1) is 0 Å². The molecule has 2 saturated heterocycles. The summed E-state index contributed by atoms with van der Waals surface area (Å²) in [6, 6.07) is 0. The molecule has 0 aromatic carbocycles. The third-order valence-corrected chi connectivity index (χ3v) is 1.69. The van der Waals surface area contributed by atoms with E-state index in [0.29, 0.717) is 26.4 Å². The van der Waals surface area contributed by atoms with Crippen LogP contribution in [0.4, 0.5) is 0 Å². The van der Waals surface area contributed by atoms with E-state index in [1.54, 1.807) is 0 Å². The van der Waals surface area contributed by atoms with Crippen LogP contribution in [-0.2, 0) is 18.9 Å². The smallest absolute Gasteiger partial charge is 0.303 e. The van der Waals surface area contributed by atoms with Gasteiger partial charge < -0.3 is 18.9 Å². The van der Waals surface area contributed by atoms with Gasteiger partial charge in [-0.25, -0.2) is 0 Å². The molecule has 0 aliphatic carbocycles. The van der Waals surface area contributed by atoms with Gasteiger partial charge in [0.25, 0.3) is 0 Å². The third kappa shape index (κ3) is 1.54. The molecule has 0 aromatic rings. The average molecular weight is 160 g/mol. The molecule has 2 heterocycles. The normalized spacial score (nSPS) is 30.5. The molecular weight excluding hydrogens is 148 g/mol. The number of hydrogen-bond donors (Lipinski definition) is 0. The number of hydrogen-bond acceptors (Lipinski definition) is 4. The quantitative estimate of drug-likeness (QED) is 0.516. The monoisotopic (exact) mass is 160 g/mol. The Hall–Kier alpha value is -0.160. The summed E-state index contributed by atoms with van der Waals surface area (Å²) in [6.07, 6.45) is 0.680. The van der Waals surface area contributed by atoms with E-state index in [1.807, 2.05) is 0 Å². The first-order valence-corrected chi connectivity index (χ1v) is 3.97. The topological polar surface area (TPSA) is 36.9 Å². The molecule has 4 nitrogen and oxygen atoms in total. The van der Waals surface area contributed by atoms with Crippen LogP contribution < -0.4 is 0 Å². The fraction of sp³-hybridized carbons (Fsp3) is 1.00. The Morgan fingerprint density at radius 1 is 0.636 bits per heavy atom. The molecule has 0 atom stereocenters. The van der Waals surface area contributed by atoms with Crippen molar-refractivity contribution in [2.75, 3.05) is 26.4 Å². The molecule has 0 unspecified atom stereocenters. The summed E-state index contributed by atoms with van der Waals surface area (Å²) >= 11 is 0. The van der Waals surface area contributed by atoms with Crippen LogP contribution in [0.25, 0.3) is 0 Å². The van der Waals surface area contributed by atoms with Crippen molar-refractivity contribution in [3.8, 4) is 0 Å². The zero-order valence-electron chi connectivity index (χ0n) is 6.38. The van der Waals surface area contributed by atoms with Crippen molar-refractivity contribution in [3.05, 3.63) is 0 Å². The highest BCUT2D eigenvalue weighted by Gasteiger charge is 2.39. The van der Waals surface area contributed by atoms with E-state index in [4.69, 9.17) is 18.9 Å². The zero-order chi connectivity index (χ0) is 7.57. The van der Waals surface area contributed by atoms with Gasteiger partial charge in [0.1, 0.15) is 0 Å². The highest BCUT2D eigenvalue weighted by atomic mass is 17.0. The predicted octanol–water partition coefficient (Wildman–Crippen LogP) is 0.472. The maximum atomic E-state index is 5.24. The Labute approximate surface area is 65.4 Å².